The van der Waals surface area contributed by atoms with E-state index in [9.17, 15) is 35.1 Å². The highest BCUT2D eigenvalue weighted by Crippen LogP contribution is 2.64. The van der Waals surface area contributed by atoms with E-state index in [0.717, 1.165) is 6.07 Å². The highest BCUT2D eigenvalue weighted by Gasteiger charge is 2.85. The van der Waals surface area contributed by atoms with Gasteiger partial charge in [0.2, 0.25) is 0 Å². The second-order valence-electron chi connectivity index (χ2n) is 4.65. The van der Waals surface area contributed by atoms with Gasteiger partial charge in [-0.25, -0.2) is 0 Å². The molecule has 0 aromatic heterocycles. The summed E-state index contributed by atoms with van der Waals surface area (Å²) in [6.07, 6.45) is -0.267. The molecule has 0 aliphatic heterocycles. The molecule has 0 saturated carbocycles. The highest BCUT2D eigenvalue weighted by atomic mass is 19.4. The smallest absolute Gasteiger partial charge is 0.382 e. The number of aliphatic hydroxyl groups excluding tert-OH is 1. The number of alkyl halides is 8. The third-order valence-corrected chi connectivity index (χ3v) is 3.34. The molecule has 1 N–H and O–H groups in total. The van der Waals surface area contributed by atoms with Crippen LogP contribution in [0.25, 0.3) is 0 Å². The maximum Gasteiger partial charge on any atom is 0.382 e. The minimum absolute atomic E-state index is 0.146. The standard InChI is InChI=1S/C12H8F8O/c13-9(14)7-2-1-6(3-4-21)5-8(7)10(15,16)12(19,20)11(9,17)18/h1-2,5,21H,3-4H2. The van der Waals surface area contributed by atoms with Gasteiger partial charge in [0.25, 0.3) is 0 Å². The lowest BCUT2D eigenvalue weighted by atomic mass is 9.79. The van der Waals surface area contributed by atoms with E-state index in [1.54, 1.807) is 0 Å². The van der Waals surface area contributed by atoms with E-state index in [1.807, 2.05) is 0 Å². The predicted octanol–water partition coefficient (Wildman–Crippen LogP) is 3.69. The Labute approximate surface area is 113 Å². The first kappa shape index (κ1) is 16.0. The first-order chi connectivity index (χ1) is 9.41. The number of hydrogen-bond donors (Lipinski definition) is 1. The largest absolute Gasteiger partial charge is 0.396 e. The lowest BCUT2D eigenvalue weighted by Crippen LogP contribution is -2.63. The van der Waals surface area contributed by atoms with E-state index in [2.05, 4.69) is 0 Å². The molecule has 0 amide bonds. The molecule has 0 fully saturated rings. The summed E-state index contributed by atoms with van der Waals surface area (Å²) in [6.45, 7) is -0.548. The normalized spacial score (nSPS) is 24.4. The molecule has 0 heterocycles. The molecule has 1 nitrogen and oxygen atoms in total. The molecule has 2 rings (SSSR count). The Morgan fingerprint density at radius 1 is 0.762 bits per heavy atom. The summed E-state index contributed by atoms with van der Waals surface area (Å²) in [5.41, 5.74) is -3.84. The van der Waals surface area contributed by atoms with E-state index in [1.165, 1.54) is 0 Å². The Balaban J connectivity index is 2.78. The molecular formula is C12H8F8O. The summed E-state index contributed by atoms with van der Waals surface area (Å²) >= 11 is 0. The van der Waals surface area contributed by atoms with Crippen molar-refractivity contribution < 1.29 is 40.2 Å². The summed E-state index contributed by atoms with van der Waals surface area (Å²) in [4.78, 5) is 0. The van der Waals surface area contributed by atoms with Crippen LogP contribution in [0.1, 0.15) is 16.7 Å². The van der Waals surface area contributed by atoms with E-state index in [4.69, 9.17) is 5.11 Å². The molecule has 0 unspecified atom stereocenters. The predicted molar refractivity (Wildman–Crippen MR) is 54.9 cm³/mol. The SMILES string of the molecule is OCCc1ccc2c(c1)C(F)(F)C(F)(F)C(F)(F)C2(F)F. The van der Waals surface area contributed by atoms with Crippen molar-refractivity contribution in [3.63, 3.8) is 0 Å². The van der Waals surface area contributed by atoms with Gasteiger partial charge < -0.3 is 5.11 Å². The van der Waals surface area contributed by atoms with Gasteiger partial charge in [-0.1, -0.05) is 12.1 Å². The maximum absolute atomic E-state index is 13.6. The quantitative estimate of drug-likeness (QED) is 0.824. The number of rotatable bonds is 2. The molecule has 0 bridgehead atoms. The Morgan fingerprint density at radius 3 is 1.71 bits per heavy atom. The van der Waals surface area contributed by atoms with Gasteiger partial charge in [-0.2, -0.15) is 35.1 Å². The van der Waals surface area contributed by atoms with E-state index in [-0.39, 0.29) is 18.1 Å². The zero-order valence-corrected chi connectivity index (χ0v) is 10.1. The molecule has 0 atom stereocenters. The molecule has 1 aliphatic carbocycles. The summed E-state index contributed by atoms with van der Waals surface area (Å²) in [5.74, 6) is -23.4. The molecule has 0 radical (unpaired) electrons. The van der Waals surface area contributed by atoms with Crippen LogP contribution in [-0.2, 0) is 18.3 Å². The Morgan fingerprint density at radius 2 is 1.24 bits per heavy atom. The van der Waals surface area contributed by atoms with Crippen LogP contribution in [0.3, 0.4) is 0 Å². The van der Waals surface area contributed by atoms with Crippen LogP contribution in [0.5, 0.6) is 0 Å². The van der Waals surface area contributed by atoms with Gasteiger partial charge in [-0.15, -0.1) is 0 Å². The van der Waals surface area contributed by atoms with Crippen LogP contribution in [0, 0.1) is 0 Å². The zero-order chi connectivity index (χ0) is 16.3. The lowest BCUT2D eigenvalue weighted by molar-refractivity contribution is -0.386. The zero-order valence-electron chi connectivity index (χ0n) is 10.1. The summed E-state index contributed by atoms with van der Waals surface area (Å²) in [7, 11) is 0. The summed E-state index contributed by atoms with van der Waals surface area (Å²) < 4.78 is 107. The number of hydrogen-bond acceptors (Lipinski definition) is 1. The van der Waals surface area contributed by atoms with Gasteiger partial charge in [0.1, 0.15) is 0 Å². The monoisotopic (exact) mass is 320 g/mol. The second kappa shape index (κ2) is 4.31. The fraction of sp³-hybridized carbons (Fsp3) is 0.500. The Bertz CT molecular complexity index is 566. The molecule has 21 heavy (non-hydrogen) atoms. The maximum atomic E-state index is 13.6. The lowest BCUT2D eigenvalue weighted by Gasteiger charge is -2.42. The van der Waals surface area contributed by atoms with Crippen molar-refractivity contribution in [2.45, 2.75) is 30.1 Å². The average molecular weight is 320 g/mol. The minimum Gasteiger partial charge on any atom is -0.396 e. The van der Waals surface area contributed by atoms with E-state index < -0.39 is 41.4 Å². The Hall–Kier alpha value is -1.38. The van der Waals surface area contributed by atoms with E-state index in [0.29, 0.717) is 6.07 Å². The molecule has 0 saturated heterocycles. The van der Waals surface area contributed by atoms with Crippen molar-refractivity contribution in [1.29, 1.82) is 0 Å². The third-order valence-electron chi connectivity index (χ3n) is 3.34. The van der Waals surface area contributed by atoms with Crippen LogP contribution in [0.15, 0.2) is 18.2 Å². The molecule has 1 aromatic rings. The third kappa shape index (κ3) is 1.79. The second-order valence-corrected chi connectivity index (χ2v) is 4.65. The molecule has 0 spiro atoms. The molecule has 1 aliphatic rings. The first-order valence-electron chi connectivity index (χ1n) is 5.67. The van der Waals surface area contributed by atoms with Crippen molar-refractivity contribution >= 4 is 0 Å². The first-order valence-corrected chi connectivity index (χ1v) is 5.67. The van der Waals surface area contributed by atoms with Gasteiger partial charge in [-0.05, 0) is 18.1 Å². The topological polar surface area (TPSA) is 20.2 Å². The minimum atomic E-state index is -6.24. The fourth-order valence-electron chi connectivity index (χ4n) is 2.14. The van der Waals surface area contributed by atoms with E-state index >= 15 is 0 Å². The molecule has 1 aromatic carbocycles. The van der Waals surface area contributed by atoms with Crippen LogP contribution < -0.4 is 0 Å². The molecule has 118 valence electrons. The van der Waals surface area contributed by atoms with Gasteiger partial charge >= 0.3 is 23.7 Å². The van der Waals surface area contributed by atoms with Gasteiger partial charge in [0.05, 0.1) is 0 Å². The van der Waals surface area contributed by atoms with Crippen molar-refractivity contribution in [3.8, 4) is 0 Å². The van der Waals surface area contributed by atoms with Crippen molar-refractivity contribution in [2.75, 3.05) is 6.61 Å². The van der Waals surface area contributed by atoms with Crippen LogP contribution in [0.2, 0.25) is 0 Å². The number of benzene rings is 1. The molecular weight excluding hydrogens is 312 g/mol. The number of halogens is 8. The Kier molecular flexibility index (Phi) is 3.28. The number of fused-ring (bicyclic) bond motifs is 1. The summed E-state index contributed by atoms with van der Waals surface area (Å²) in [6, 6.07) is 1.36. The summed E-state index contributed by atoms with van der Waals surface area (Å²) in [5, 5.41) is 8.64. The molecule has 9 heteroatoms. The van der Waals surface area contributed by atoms with Gasteiger partial charge in [0, 0.05) is 17.7 Å². The highest BCUT2D eigenvalue weighted by molar-refractivity contribution is 5.44. The van der Waals surface area contributed by atoms with Crippen LogP contribution in [0.4, 0.5) is 35.1 Å². The van der Waals surface area contributed by atoms with Crippen molar-refractivity contribution in [2.24, 2.45) is 0 Å². The van der Waals surface area contributed by atoms with Crippen LogP contribution >= 0.6 is 0 Å². The average Bonchev–Trinajstić information content (AvgIpc) is 2.37. The van der Waals surface area contributed by atoms with Gasteiger partial charge in [0.15, 0.2) is 0 Å². The van der Waals surface area contributed by atoms with Crippen LogP contribution in [-0.4, -0.2) is 23.6 Å². The van der Waals surface area contributed by atoms with Gasteiger partial charge in [-0.3, -0.25) is 0 Å². The fourth-order valence-corrected chi connectivity index (χ4v) is 2.14. The van der Waals surface area contributed by atoms with Crippen molar-refractivity contribution in [3.05, 3.63) is 34.9 Å². The van der Waals surface area contributed by atoms with Crippen molar-refractivity contribution in [1.82, 2.24) is 0 Å². The number of aliphatic hydroxyl groups is 1.